The molecule has 0 atom stereocenters. The summed E-state index contributed by atoms with van der Waals surface area (Å²) in [4.78, 5) is 23.8. The van der Waals surface area contributed by atoms with E-state index in [9.17, 15) is 9.59 Å². The van der Waals surface area contributed by atoms with Crippen molar-refractivity contribution in [1.82, 2.24) is 0 Å². The zero-order valence-corrected chi connectivity index (χ0v) is 19.3. The Labute approximate surface area is 191 Å². The first-order valence-corrected chi connectivity index (χ1v) is 10.2. The molecule has 166 valence electrons. The Morgan fingerprint density at radius 1 is 0.935 bits per heavy atom. The molecule has 2 aromatic carbocycles. The molecule has 0 N–H and O–H groups in total. The average molecular weight is 467 g/mol. The minimum atomic E-state index is -0.580. The van der Waals surface area contributed by atoms with Gasteiger partial charge in [-0.05, 0) is 54.3 Å². The molecular formula is C23H24Cl2O6. The summed E-state index contributed by atoms with van der Waals surface area (Å²) in [5.41, 5.74) is 2.28. The van der Waals surface area contributed by atoms with Crippen LogP contribution in [0.5, 0.6) is 11.5 Å². The molecule has 0 fully saturated rings. The van der Waals surface area contributed by atoms with Crippen molar-refractivity contribution in [3.05, 3.63) is 63.1 Å². The van der Waals surface area contributed by atoms with Gasteiger partial charge in [0.2, 0.25) is 0 Å². The van der Waals surface area contributed by atoms with Gasteiger partial charge < -0.3 is 18.9 Å². The molecule has 0 unspecified atom stereocenters. The molecule has 0 heterocycles. The lowest BCUT2D eigenvalue weighted by atomic mass is 9.93. The van der Waals surface area contributed by atoms with Crippen molar-refractivity contribution >= 4 is 40.7 Å². The maximum atomic E-state index is 12.3. The van der Waals surface area contributed by atoms with Gasteiger partial charge in [-0.2, -0.15) is 0 Å². The van der Waals surface area contributed by atoms with Gasteiger partial charge in [0.05, 0.1) is 33.5 Å². The van der Waals surface area contributed by atoms with Gasteiger partial charge in [0.15, 0.2) is 5.75 Å². The summed E-state index contributed by atoms with van der Waals surface area (Å²) in [6, 6.07) is 8.58. The molecule has 6 nitrogen and oxygen atoms in total. The van der Waals surface area contributed by atoms with Gasteiger partial charge >= 0.3 is 11.9 Å². The second kappa shape index (κ2) is 11.6. The van der Waals surface area contributed by atoms with Crippen LogP contribution in [0.25, 0.3) is 5.57 Å². The predicted octanol–water partition coefficient (Wildman–Crippen LogP) is 5.57. The molecule has 2 aromatic rings. The number of carbonyl (C=O) groups is 2. The number of allylic oxidation sites excluding steroid dienone is 1. The molecule has 8 heteroatoms. The molecule has 0 bridgehead atoms. The van der Waals surface area contributed by atoms with Crippen molar-refractivity contribution in [2.24, 2.45) is 0 Å². The van der Waals surface area contributed by atoms with Crippen LogP contribution in [0.4, 0.5) is 0 Å². The van der Waals surface area contributed by atoms with E-state index in [1.807, 2.05) is 6.08 Å². The van der Waals surface area contributed by atoms with E-state index in [1.165, 1.54) is 21.3 Å². The van der Waals surface area contributed by atoms with Crippen LogP contribution in [0.3, 0.4) is 0 Å². The smallest absolute Gasteiger partial charge is 0.341 e. The van der Waals surface area contributed by atoms with Crippen LogP contribution in [0.1, 0.15) is 40.7 Å². The number of rotatable bonds is 9. The van der Waals surface area contributed by atoms with Crippen LogP contribution in [0.15, 0.2) is 36.4 Å². The van der Waals surface area contributed by atoms with Crippen molar-refractivity contribution in [2.75, 3.05) is 28.4 Å². The van der Waals surface area contributed by atoms with Crippen LogP contribution >= 0.6 is 23.2 Å². The fourth-order valence-electron chi connectivity index (χ4n) is 3.09. The lowest BCUT2D eigenvalue weighted by Gasteiger charge is -2.17. The summed E-state index contributed by atoms with van der Waals surface area (Å²) < 4.78 is 20.4. The van der Waals surface area contributed by atoms with Crippen LogP contribution < -0.4 is 9.47 Å². The third-order valence-electron chi connectivity index (χ3n) is 4.58. The van der Waals surface area contributed by atoms with Gasteiger partial charge in [0, 0.05) is 17.0 Å². The van der Waals surface area contributed by atoms with E-state index in [4.69, 9.17) is 42.1 Å². The second-order valence-corrected chi connectivity index (χ2v) is 7.30. The van der Waals surface area contributed by atoms with Crippen LogP contribution in [0, 0.1) is 0 Å². The Kier molecular flexibility index (Phi) is 9.21. The summed E-state index contributed by atoms with van der Waals surface area (Å²) in [5, 5.41) is 0.769. The topological polar surface area (TPSA) is 71.1 Å². The Bertz CT molecular complexity index is 984. The number of hydrogen-bond acceptors (Lipinski definition) is 6. The normalized spacial score (nSPS) is 11.1. The number of halogens is 2. The SMILES string of the molecule is COC(=O)CCCC=C(c1cc(Cl)c(OC)c(C(=O)OC)c1)c1cc(Cl)ccc1OC. The molecule has 0 aliphatic carbocycles. The van der Waals surface area contributed by atoms with Gasteiger partial charge in [0.1, 0.15) is 11.3 Å². The highest BCUT2D eigenvalue weighted by molar-refractivity contribution is 6.33. The first kappa shape index (κ1) is 24.6. The van der Waals surface area contributed by atoms with E-state index in [0.29, 0.717) is 34.7 Å². The van der Waals surface area contributed by atoms with E-state index in [1.54, 1.807) is 37.4 Å². The molecule has 0 aromatic heterocycles. The summed E-state index contributed by atoms with van der Waals surface area (Å²) >= 11 is 12.7. The molecular weight excluding hydrogens is 443 g/mol. The maximum Gasteiger partial charge on any atom is 0.341 e. The summed E-state index contributed by atoms with van der Waals surface area (Å²) in [6.07, 6.45) is 3.37. The first-order valence-electron chi connectivity index (χ1n) is 9.43. The van der Waals surface area contributed by atoms with E-state index in [0.717, 1.165) is 5.57 Å². The highest BCUT2D eigenvalue weighted by atomic mass is 35.5. The molecule has 2 rings (SSSR count). The zero-order valence-electron chi connectivity index (χ0n) is 17.8. The van der Waals surface area contributed by atoms with Gasteiger partial charge in [-0.1, -0.05) is 29.3 Å². The van der Waals surface area contributed by atoms with Crippen molar-refractivity contribution in [3.8, 4) is 11.5 Å². The number of hydrogen-bond donors (Lipinski definition) is 0. The Morgan fingerprint density at radius 3 is 2.29 bits per heavy atom. The molecule has 0 saturated heterocycles. The molecule has 0 aliphatic rings. The number of ether oxygens (including phenoxy) is 4. The number of carbonyl (C=O) groups excluding carboxylic acids is 2. The number of unbranched alkanes of at least 4 members (excludes halogenated alkanes) is 1. The lowest BCUT2D eigenvalue weighted by molar-refractivity contribution is -0.140. The molecule has 0 aliphatic heterocycles. The van der Waals surface area contributed by atoms with Crippen molar-refractivity contribution in [1.29, 1.82) is 0 Å². The Morgan fingerprint density at radius 2 is 1.68 bits per heavy atom. The van der Waals surface area contributed by atoms with Gasteiger partial charge in [-0.3, -0.25) is 4.79 Å². The Balaban J connectivity index is 2.63. The van der Waals surface area contributed by atoms with Gasteiger partial charge in [-0.25, -0.2) is 4.79 Å². The third-order valence-corrected chi connectivity index (χ3v) is 5.09. The van der Waals surface area contributed by atoms with Crippen LogP contribution in [0.2, 0.25) is 10.0 Å². The van der Waals surface area contributed by atoms with E-state index < -0.39 is 5.97 Å². The zero-order chi connectivity index (χ0) is 23.0. The molecule has 0 spiro atoms. The molecule has 0 radical (unpaired) electrons. The largest absolute Gasteiger partial charge is 0.496 e. The fraction of sp³-hybridized carbons (Fsp3) is 0.304. The third kappa shape index (κ3) is 6.15. The highest BCUT2D eigenvalue weighted by Crippen LogP contribution is 2.38. The Hall–Kier alpha value is -2.70. The van der Waals surface area contributed by atoms with Crippen molar-refractivity contribution in [2.45, 2.75) is 19.3 Å². The van der Waals surface area contributed by atoms with E-state index >= 15 is 0 Å². The van der Waals surface area contributed by atoms with E-state index in [2.05, 4.69) is 0 Å². The summed E-state index contributed by atoms with van der Waals surface area (Å²) in [7, 11) is 5.62. The van der Waals surface area contributed by atoms with Crippen LogP contribution in [-0.2, 0) is 14.3 Å². The average Bonchev–Trinajstić information content (AvgIpc) is 2.77. The lowest BCUT2D eigenvalue weighted by Crippen LogP contribution is -2.06. The quantitative estimate of drug-likeness (QED) is 0.355. The molecule has 0 saturated carbocycles. The fourth-order valence-corrected chi connectivity index (χ4v) is 3.56. The highest BCUT2D eigenvalue weighted by Gasteiger charge is 2.21. The van der Waals surface area contributed by atoms with Gasteiger partial charge in [0.25, 0.3) is 0 Å². The monoisotopic (exact) mass is 466 g/mol. The van der Waals surface area contributed by atoms with Crippen molar-refractivity contribution < 1.29 is 28.5 Å². The first-order chi connectivity index (χ1) is 14.9. The number of esters is 2. The van der Waals surface area contributed by atoms with Crippen LogP contribution in [-0.4, -0.2) is 40.4 Å². The molecule has 31 heavy (non-hydrogen) atoms. The van der Waals surface area contributed by atoms with Gasteiger partial charge in [-0.15, -0.1) is 0 Å². The summed E-state index contributed by atoms with van der Waals surface area (Å²) in [5.74, 6) is -0.0463. The molecule has 0 amide bonds. The number of benzene rings is 2. The minimum Gasteiger partial charge on any atom is -0.496 e. The second-order valence-electron chi connectivity index (χ2n) is 6.46. The summed E-state index contributed by atoms with van der Waals surface area (Å²) in [6.45, 7) is 0. The maximum absolute atomic E-state index is 12.3. The number of methoxy groups -OCH3 is 4. The minimum absolute atomic E-state index is 0.189. The van der Waals surface area contributed by atoms with E-state index in [-0.39, 0.29) is 28.7 Å². The standard InChI is InChI=1S/C23H24Cl2O6/c1-28-20-10-9-15(24)13-17(20)16(7-5-6-8-21(26)29-2)14-11-18(23(27)31-4)22(30-3)19(25)12-14/h7,9-13H,5-6,8H2,1-4H3. The van der Waals surface area contributed by atoms with Crippen molar-refractivity contribution in [3.63, 3.8) is 0 Å². The predicted molar refractivity (Wildman–Crippen MR) is 120 cm³/mol.